The number of nitrogens with zero attached hydrogens (tertiary/aromatic N) is 2. The van der Waals surface area contributed by atoms with Crippen LogP contribution >= 0.6 is 50.7 Å². The van der Waals surface area contributed by atoms with E-state index in [2.05, 4.69) is 25.8 Å². The van der Waals surface area contributed by atoms with Crippen LogP contribution in [0.2, 0.25) is 15.1 Å². The van der Waals surface area contributed by atoms with Gasteiger partial charge in [0.1, 0.15) is 10.7 Å². The van der Waals surface area contributed by atoms with Gasteiger partial charge in [-0.2, -0.15) is 5.10 Å². The lowest BCUT2D eigenvalue weighted by Crippen LogP contribution is -2.15. The highest BCUT2D eigenvalue weighted by atomic mass is 79.9. The number of hydrogen-bond donors (Lipinski definition) is 1. The lowest BCUT2D eigenvalue weighted by Gasteiger charge is -2.09. The van der Waals surface area contributed by atoms with Crippen LogP contribution in [0.5, 0.6) is 0 Å². The summed E-state index contributed by atoms with van der Waals surface area (Å²) in [5.74, 6) is -0.359. The van der Waals surface area contributed by atoms with Crippen LogP contribution in [0.25, 0.3) is 0 Å². The van der Waals surface area contributed by atoms with Gasteiger partial charge in [-0.15, -0.1) is 0 Å². The van der Waals surface area contributed by atoms with E-state index in [-0.39, 0.29) is 38.1 Å². The summed E-state index contributed by atoms with van der Waals surface area (Å²) in [5.41, 5.74) is 0.412. The molecule has 0 fully saturated rings. The van der Waals surface area contributed by atoms with Crippen molar-refractivity contribution >= 4 is 66.6 Å². The minimum Gasteiger partial charge on any atom is -0.265 e. The van der Waals surface area contributed by atoms with E-state index in [9.17, 15) is 12.8 Å². The maximum absolute atomic E-state index is 13.8. The SMILES string of the molecule is O=S(=O)(Nc1nn(Cc2ccccc2F)cc1Br)c1cc(Cl)c(Cl)cc1Cl. The van der Waals surface area contributed by atoms with Gasteiger partial charge in [-0.3, -0.25) is 9.40 Å². The fraction of sp³-hybridized carbons (Fsp3) is 0.0625. The lowest BCUT2D eigenvalue weighted by molar-refractivity contribution is 0.585. The molecule has 0 spiro atoms. The summed E-state index contributed by atoms with van der Waals surface area (Å²) in [5, 5.41) is 4.23. The summed E-state index contributed by atoms with van der Waals surface area (Å²) < 4.78 is 43.2. The van der Waals surface area contributed by atoms with E-state index in [1.54, 1.807) is 18.2 Å². The standard InChI is InChI=1S/C16H10BrCl3FN3O2S/c17-10-8-24(7-9-3-1-2-4-14(9)21)22-16(10)23-27(25,26)15-6-12(19)11(18)5-13(15)20/h1-6,8H,7H2,(H,22,23). The highest BCUT2D eigenvalue weighted by Crippen LogP contribution is 2.33. The molecule has 142 valence electrons. The molecule has 0 radical (unpaired) electrons. The normalized spacial score (nSPS) is 11.6. The molecule has 2 aromatic carbocycles. The van der Waals surface area contributed by atoms with Gasteiger partial charge in [0.15, 0.2) is 5.82 Å². The molecule has 0 atom stereocenters. The summed E-state index contributed by atoms with van der Waals surface area (Å²) in [4.78, 5) is -0.242. The van der Waals surface area contributed by atoms with Crippen molar-refractivity contribution in [2.75, 3.05) is 4.72 Å². The number of hydrogen-bond acceptors (Lipinski definition) is 3. The average molecular weight is 514 g/mol. The number of rotatable bonds is 5. The van der Waals surface area contributed by atoms with E-state index in [4.69, 9.17) is 34.8 Å². The van der Waals surface area contributed by atoms with Crippen molar-refractivity contribution in [1.82, 2.24) is 9.78 Å². The van der Waals surface area contributed by atoms with Crippen LogP contribution in [0.1, 0.15) is 5.56 Å². The first kappa shape index (κ1) is 20.4. The number of anilines is 1. The molecule has 27 heavy (non-hydrogen) atoms. The highest BCUT2D eigenvalue weighted by Gasteiger charge is 2.22. The molecule has 3 rings (SSSR count). The molecule has 0 unspecified atom stereocenters. The Hall–Kier alpha value is -1.32. The largest absolute Gasteiger partial charge is 0.265 e. The van der Waals surface area contributed by atoms with Crippen LogP contribution < -0.4 is 4.72 Å². The molecule has 1 N–H and O–H groups in total. The summed E-state index contributed by atoms with van der Waals surface area (Å²) in [7, 11) is -4.08. The molecule has 0 aliphatic rings. The summed E-state index contributed by atoms with van der Waals surface area (Å²) in [6, 6.07) is 8.63. The first-order valence-corrected chi connectivity index (χ1v) is 10.7. The molecule has 0 aliphatic heterocycles. The zero-order chi connectivity index (χ0) is 19.8. The first-order chi connectivity index (χ1) is 12.7. The van der Waals surface area contributed by atoms with Crippen LogP contribution in [0, 0.1) is 5.82 Å². The van der Waals surface area contributed by atoms with Crippen LogP contribution in [-0.2, 0) is 16.6 Å². The third-order valence-electron chi connectivity index (χ3n) is 3.50. The van der Waals surface area contributed by atoms with Gasteiger partial charge in [0.25, 0.3) is 10.0 Å². The van der Waals surface area contributed by atoms with Gasteiger partial charge in [0.2, 0.25) is 0 Å². The topological polar surface area (TPSA) is 64.0 Å². The molecule has 11 heteroatoms. The van der Waals surface area contributed by atoms with E-state index in [1.165, 1.54) is 23.0 Å². The Kier molecular flexibility index (Phi) is 6.02. The second-order valence-corrected chi connectivity index (χ2v) is 9.14. The quantitative estimate of drug-likeness (QED) is 0.452. The van der Waals surface area contributed by atoms with Crippen LogP contribution in [0.3, 0.4) is 0 Å². The van der Waals surface area contributed by atoms with Gasteiger partial charge in [-0.25, -0.2) is 12.8 Å². The number of halogens is 5. The van der Waals surface area contributed by atoms with Crippen molar-refractivity contribution < 1.29 is 12.8 Å². The Labute approximate surface area is 178 Å². The van der Waals surface area contributed by atoms with E-state index < -0.39 is 10.0 Å². The molecular weight excluding hydrogens is 504 g/mol. The number of nitrogens with one attached hydrogen (secondary N) is 1. The van der Waals surface area contributed by atoms with Crippen molar-refractivity contribution in [3.8, 4) is 0 Å². The Morgan fingerprint density at radius 2 is 1.78 bits per heavy atom. The summed E-state index contributed by atoms with van der Waals surface area (Å²) >= 11 is 20.9. The van der Waals surface area contributed by atoms with Gasteiger partial charge in [0.05, 0.1) is 26.1 Å². The predicted molar refractivity (Wildman–Crippen MR) is 108 cm³/mol. The maximum atomic E-state index is 13.8. The van der Waals surface area contributed by atoms with Gasteiger partial charge in [-0.05, 0) is 34.1 Å². The van der Waals surface area contributed by atoms with Crippen molar-refractivity contribution in [2.45, 2.75) is 11.4 Å². The second kappa shape index (κ2) is 7.97. The number of aromatic nitrogens is 2. The highest BCUT2D eigenvalue weighted by molar-refractivity contribution is 9.10. The molecule has 1 heterocycles. The van der Waals surface area contributed by atoms with Crippen LogP contribution in [-0.4, -0.2) is 18.2 Å². The van der Waals surface area contributed by atoms with E-state index in [0.717, 1.165) is 6.07 Å². The van der Waals surface area contributed by atoms with Crippen molar-refractivity contribution in [3.63, 3.8) is 0 Å². The molecule has 0 amide bonds. The second-order valence-electron chi connectivity index (χ2n) is 5.42. The van der Waals surface area contributed by atoms with Gasteiger partial charge in [0, 0.05) is 11.8 Å². The number of sulfonamides is 1. The molecular formula is C16H10BrCl3FN3O2S. The monoisotopic (exact) mass is 511 g/mol. The third-order valence-corrected chi connectivity index (χ3v) is 6.61. The molecule has 0 saturated carbocycles. The molecule has 0 aliphatic carbocycles. The average Bonchev–Trinajstić information content (AvgIpc) is 2.91. The Balaban J connectivity index is 1.89. The van der Waals surface area contributed by atoms with E-state index in [1.807, 2.05) is 0 Å². The predicted octanol–water partition coefficient (Wildman–Crippen LogP) is 5.59. The summed E-state index contributed by atoms with van der Waals surface area (Å²) in [6.07, 6.45) is 1.53. The smallest absolute Gasteiger partial charge is 0.264 e. The first-order valence-electron chi connectivity index (χ1n) is 7.31. The van der Waals surface area contributed by atoms with E-state index >= 15 is 0 Å². The Morgan fingerprint density at radius 1 is 1.11 bits per heavy atom. The third kappa shape index (κ3) is 4.57. The van der Waals surface area contributed by atoms with Gasteiger partial charge >= 0.3 is 0 Å². The minimum atomic E-state index is -4.08. The zero-order valence-electron chi connectivity index (χ0n) is 13.3. The van der Waals surface area contributed by atoms with Crippen LogP contribution in [0.15, 0.2) is 52.0 Å². The number of benzene rings is 2. The van der Waals surface area contributed by atoms with Crippen LogP contribution in [0.4, 0.5) is 10.2 Å². The fourth-order valence-corrected chi connectivity index (χ4v) is 4.81. The summed E-state index contributed by atoms with van der Waals surface area (Å²) in [6.45, 7) is 0.126. The molecule has 3 aromatic rings. The van der Waals surface area contributed by atoms with Crippen molar-refractivity contribution in [3.05, 3.63) is 73.5 Å². The molecule has 1 aromatic heterocycles. The van der Waals surface area contributed by atoms with Gasteiger partial charge < -0.3 is 0 Å². The molecule has 0 saturated heterocycles. The van der Waals surface area contributed by atoms with E-state index in [0.29, 0.717) is 10.0 Å². The maximum Gasteiger partial charge on any atom is 0.264 e. The Morgan fingerprint density at radius 3 is 2.48 bits per heavy atom. The van der Waals surface area contributed by atoms with Gasteiger partial charge in [-0.1, -0.05) is 53.0 Å². The minimum absolute atomic E-state index is 0.0217. The molecule has 0 bridgehead atoms. The fourth-order valence-electron chi connectivity index (χ4n) is 2.24. The van der Waals surface area contributed by atoms with Crippen molar-refractivity contribution in [1.29, 1.82) is 0 Å². The van der Waals surface area contributed by atoms with Crippen molar-refractivity contribution in [2.24, 2.45) is 0 Å². The molecule has 5 nitrogen and oxygen atoms in total. The zero-order valence-corrected chi connectivity index (χ0v) is 17.9. The lowest BCUT2D eigenvalue weighted by atomic mass is 10.2. The Bertz CT molecular complexity index is 1120.